The van der Waals surface area contributed by atoms with E-state index in [0.717, 1.165) is 22.3 Å². The Morgan fingerprint density at radius 1 is 0.429 bits per heavy atom. The van der Waals surface area contributed by atoms with Crippen LogP contribution < -0.4 is 5.43 Å². The molecule has 0 bridgehead atoms. The maximum absolute atomic E-state index is 14.1. The molecule has 0 radical (unpaired) electrons. The molecular formula is C33H24O2. The SMILES string of the molecule is O=c1c(-c2ccccc2)c(/C=C/c2ccccc2)oc(/C=C/c2ccccc2)c1-c1ccccc1. The summed E-state index contributed by atoms with van der Waals surface area (Å²) < 4.78 is 6.50. The van der Waals surface area contributed by atoms with Gasteiger partial charge in [0.15, 0.2) is 0 Å². The summed E-state index contributed by atoms with van der Waals surface area (Å²) in [5.74, 6) is 1.05. The second kappa shape index (κ2) is 10.5. The van der Waals surface area contributed by atoms with Crippen molar-refractivity contribution in [1.82, 2.24) is 0 Å². The van der Waals surface area contributed by atoms with Gasteiger partial charge in [0.25, 0.3) is 0 Å². The highest BCUT2D eigenvalue weighted by atomic mass is 16.3. The van der Waals surface area contributed by atoms with Gasteiger partial charge in [-0.3, -0.25) is 4.79 Å². The second-order valence-electron chi connectivity index (χ2n) is 8.13. The van der Waals surface area contributed by atoms with E-state index in [4.69, 9.17) is 4.42 Å². The standard InChI is InChI=1S/C33H24O2/c34-33-31(27-17-9-3-10-18-27)29(23-21-25-13-5-1-6-14-25)35-30(24-22-26-15-7-2-8-16-26)32(33)28-19-11-4-12-20-28/h1-24H/b23-21+,24-22+. The summed E-state index contributed by atoms with van der Waals surface area (Å²) in [6, 6.07) is 39.4. The zero-order valence-corrected chi connectivity index (χ0v) is 19.2. The minimum absolute atomic E-state index is 0.0610. The van der Waals surface area contributed by atoms with Crippen LogP contribution in [0.15, 0.2) is 131 Å². The molecule has 0 amide bonds. The molecule has 1 heterocycles. The van der Waals surface area contributed by atoms with Gasteiger partial charge in [-0.05, 0) is 34.4 Å². The van der Waals surface area contributed by atoms with Gasteiger partial charge in [-0.1, -0.05) is 133 Å². The maximum Gasteiger partial charge on any atom is 0.201 e. The summed E-state index contributed by atoms with van der Waals surface area (Å²) in [5, 5.41) is 0. The Labute approximate surface area is 205 Å². The summed E-state index contributed by atoms with van der Waals surface area (Å²) in [7, 11) is 0. The molecule has 2 nitrogen and oxygen atoms in total. The van der Waals surface area contributed by atoms with Crippen molar-refractivity contribution >= 4 is 24.3 Å². The van der Waals surface area contributed by atoms with E-state index in [9.17, 15) is 4.79 Å². The first-order chi connectivity index (χ1) is 17.3. The van der Waals surface area contributed by atoms with E-state index in [2.05, 4.69) is 0 Å². The van der Waals surface area contributed by atoms with Crippen LogP contribution in [0.5, 0.6) is 0 Å². The summed E-state index contributed by atoms with van der Waals surface area (Å²) >= 11 is 0. The Hall–Kier alpha value is -4.69. The predicted molar refractivity (Wildman–Crippen MR) is 147 cm³/mol. The van der Waals surface area contributed by atoms with Crippen molar-refractivity contribution in [3.63, 3.8) is 0 Å². The lowest BCUT2D eigenvalue weighted by Gasteiger charge is -2.12. The highest BCUT2D eigenvalue weighted by molar-refractivity contribution is 5.85. The van der Waals surface area contributed by atoms with Crippen LogP contribution in [-0.2, 0) is 0 Å². The first-order valence-corrected chi connectivity index (χ1v) is 11.6. The number of hydrogen-bond acceptors (Lipinski definition) is 2. The van der Waals surface area contributed by atoms with Crippen LogP contribution in [0.25, 0.3) is 46.6 Å². The van der Waals surface area contributed by atoms with Gasteiger partial charge in [-0.25, -0.2) is 0 Å². The average Bonchev–Trinajstić information content (AvgIpc) is 2.93. The molecule has 0 saturated heterocycles. The van der Waals surface area contributed by atoms with Gasteiger partial charge in [-0.2, -0.15) is 0 Å². The van der Waals surface area contributed by atoms with E-state index in [1.165, 1.54) is 0 Å². The van der Waals surface area contributed by atoms with E-state index in [-0.39, 0.29) is 5.43 Å². The van der Waals surface area contributed by atoms with Crippen molar-refractivity contribution in [3.8, 4) is 22.3 Å². The van der Waals surface area contributed by atoms with Crippen molar-refractivity contribution in [2.45, 2.75) is 0 Å². The second-order valence-corrected chi connectivity index (χ2v) is 8.13. The molecule has 0 fully saturated rings. The predicted octanol–water partition coefficient (Wildman–Crippen LogP) is 8.31. The average molecular weight is 453 g/mol. The number of benzene rings is 4. The van der Waals surface area contributed by atoms with Crippen LogP contribution in [0.1, 0.15) is 22.6 Å². The molecule has 0 aliphatic rings. The Bertz CT molecular complexity index is 1400. The summed E-state index contributed by atoms with van der Waals surface area (Å²) in [5.41, 5.74) is 4.75. The van der Waals surface area contributed by atoms with Gasteiger partial charge in [0.1, 0.15) is 11.5 Å². The van der Waals surface area contributed by atoms with E-state index >= 15 is 0 Å². The summed E-state index contributed by atoms with van der Waals surface area (Å²) in [4.78, 5) is 14.1. The van der Waals surface area contributed by atoms with Crippen LogP contribution in [0.3, 0.4) is 0 Å². The monoisotopic (exact) mass is 452 g/mol. The van der Waals surface area contributed by atoms with Gasteiger partial charge < -0.3 is 4.42 Å². The number of hydrogen-bond donors (Lipinski definition) is 0. The van der Waals surface area contributed by atoms with Crippen LogP contribution in [0.4, 0.5) is 0 Å². The lowest BCUT2D eigenvalue weighted by Crippen LogP contribution is -2.12. The maximum atomic E-state index is 14.1. The van der Waals surface area contributed by atoms with Gasteiger partial charge in [0.05, 0.1) is 11.1 Å². The lowest BCUT2D eigenvalue weighted by molar-refractivity contribution is 0.532. The fourth-order valence-corrected chi connectivity index (χ4v) is 4.03. The van der Waals surface area contributed by atoms with Crippen LogP contribution in [-0.4, -0.2) is 0 Å². The quantitative estimate of drug-likeness (QED) is 0.259. The van der Waals surface area contributed by atoms with Crippen molar-refractivity contribution in [2.75, 3.05) is 0 Å². The molecule has 0 atom stereocenters. The highest BCUT2D eigenvalue weighted by Gasteiger charge is 2.19. The minimum atomic E-state index is -0.0610. The third kappa shape index (κ3) is 5.13. The normalized spacial score (nSPS) is 11.3. The molecule has 0 saturated carbocycles. The third-order valence-corrected chi connectivity index (χ3v) is 5.75. The molecule has 4 aromatic carbocycles. The van der Waals surface area contributed by atoms with Gasteiger partial charge in [0, 0.05) is 0 Å². The third-order valence-electron chi connectivity index (χ3n) is 5.75. The molecule has 0 unspecified atom stereocenters. The van der Waals surface area contributed by atoms with Gasteiger partial charge >= 0.3 is 0 Å². The van der Waals surface area contributed by atoms with Crippen molar-refractivity contribution < 1.29 is 4.42 Å². The zero-order valence-electron chi connectivity index (χ0n) is 19.2. The van der Waals surface area contributed by atoms with Crippen LogP contribution in [0.2, 0.25) is 0 Å². The Morgan fingerprint density at radius 2 is 0.771 bits per heavy atom. The fraction of sp³-hybridized carbons (Fsp3) is 0. The van der Waals surface area contributed by atoms with Crippen molar-refractivity contribution in [1.29, 1.82) is 0 Å². The van der Waals surface area contributed by atoms with E-state index in [0.29, 0.717) is 22.6 Å². The molecule has 0 spiro atoms. The largest absolute Gasteiger partial charge is 0.456 e. The molecule has 5 rings (SSSR count). The van der Waals surface area contributed by atoms with Crippen LogP contribution in [0, 0.1) is 0 Å². The Balaban J connectivity index is 1.75. The molecule has 0 aliphatic heterocycles. The summed E-state index contributed by atoms with van der Waals surface area (Å²) in [6.45, 7) is 0. The molecule has 168 valence electrons. The van der Waals surface area contributed by atoms with Crippen molar-refractivity contribution in [2.24, 2.45) is 0 Å². The smallest absolute Gasteiger partial charge is 0.201 e. The van der Waals surface area contributed by atoms with E-state index in [1.807, 2.05) is 146 Å². The first-order valence-electron chi connectivity index (χ1n) is 11.6. The highest BCUT2D eigenvalue weighted by Crippen LogP contribution is 2.30. The molecule has 35 heavy (non-hydrogen) atoms. The minimum Gasteiger partial charge on any atom is -0.456 e. The molecule has 2 heteroatoms. The number of rotatable bonds is 6. The van der Waals surface area contributed by atoms with E-state index in [1.54, 1.807) is 0 Å². The van der Waals surface area contributed by atoms with E-state index < -0.39 is 0 Å². The summed E-state index contributed by atoms with van der Waals surface area (Å²) in [6.07, 6.45) is 7.70. The molecule has 1 aromatic heterocycles. The molecule has 5 aromatic rings. The lowest BCUT2D eigenvalue weighted by atomic mass is 9.96. The van der Waals surface area contributed by atoms with Gasteiger partial charge in [0.2, 0.25) is 5.43 Å². The molecule has 0 aliphatic carbocycles. The van der Waals surface area contributed by atoms with Gasteiger partial charge in [-0.15, -0.1) is 0 Å². The topological polar surface area (TPSA) is 30.2 Å². The Morgan fingerprint density at radius 3 is 1.14 bits per heavy atom. The zero-order chi connectivity index (χ0) is 23.9. The first kappa shape index (κ1) is 22.1. The van der Waals surface area contributed by atoms with Crippen molar-refractivity contribution in [3.05, 3.63) is 154 Å². The fourth-order valence-electron chi connectivity index (χ4n) is 4.03. The van der Waals surface area contributed by atoms with Crippen LogP contribution >= 0.6 is 0 Å². The molecule has 0 N–H and O–H groups in total. The molecular weight excluding hydrogens is 428 g/mol. The Kier molecular flexibility index (Phi) is 6.63.